The van der Waals surface area contributed by atoms with Crippen molar-refractivity contribution >= 4 is 34.3 Å². The quantitative estimate of drug-likeness (QED) is 0.224. The van der Waals surface area contributed by atoms with Gasteiger partial charge in [0.25, 0.3) is 0 Å². The van der Waals surface area contributed by atoms with E-state index in [4.69, 9.17) is 4.99 Å². The first-order chi connectivity index (χ1) is 16.3. The number of nitrogens with zero attached hydrogens (tertiary/aromatic N) is 1. The average molecular weight is 426 g/mol. The molecule has 0 radical (unpaired) electrons. The number of fused-ring (bicyclic) bond motifs is 2. The molecule has 0 atom stereocenters. The first-order valence-electron chi connectivity index (χ1n) is 11.6. The second-order valence-corrected chi connectivity index (χ2v) is 8.28. The second-order valence-electron chi connectivity index (χ2n) is 8.28. The molecule has 0 aliphatic heterocycles. The molecular weight excluding hydrogens is 398 g/mol. The summed E-state index contributed by atoms with van der Waals surface area (Å²) in [7, 11) is 0. The third-order valence-corrected chi connectivity index (χ3v) is 6.22. The summed E-state index contributed by atoms with van der Waals surface area (Å²) in [6.45, 7) is 2.09. The van der Waals surface area contributed by atoms with Gasteiger partial charge in [-0.05, 0) is 82.1 Å². The van der Waals surface area contributed by atoms with Gasteiger partial charge in [0, 0.05) is 6.21 Å². The number of rotatable bonds is 5. The van der Waals surface area contributed by atoms with E-state index >= 15 is 0 Å². The monoisotopic (exact) mass is 425 g/mol. The minimum Gasteiger partial charge on any atom is -0.257 e. The number of aryl methyl sites for hydroxylation is 1. The molecule has 0 unspecified atom stereocenters. The van der Waals surface area contributed by atoms with Crippen molar-refractivity contribution < 1.29 is 0 Å². The van der Waals surface area contributed by atoms with Crippen molar-refractivity contribution in [2.24, 2.45) is 4.99 Å². The maximum atomic E-state index is 4.71. The standard InChI is InChI=1S/C32H27N/c1-2-24(29-20-8-13-25-11-3-5-18-30(25)29)16-10-22-33-28-17-7-15-27(23-28)32-21-9-14-26-12-4-6-19-31(26)32/h2,4-10,12-23H,3,11H2,1H3/b16-10-,24-2+,33-22?. The van der Waals surface area contributed by atoms with Crippen molar-refractivity contribution in [2.75, 3.05) is 0 Å². The molecule has 0 amide bonds. The van der Waals surface area contributed by atoms with Crippen LogP contribution in [0.1, 0.15) is 30.0 Å². The Morgan fingerprint density at radius 3 is 2.67 bits per heavy atom. The normalized spacial score (nSPS) is 13.8. The summed E-state index contributed by atoms with van der Waals surface area (Å²) < 4.78 is 0. The molecule has 33 heavy (non-hydrogen) atoms. The summed E-state index contributed by atoms with van der Waals surface area (Å²) in [5.74, 6) is 0. The Balaban J connectivity index is 1.38. The van der Waals surface area contributed by atoms with Crippen LogP contribution < -0.4 is 0 Å². The molecule has 0 saturated carbocycles. The first-order valence-corrected chi connectivity index (χ1v) is 11.6. The molecule has 4 aromatic carbocycles. The topological polar surface area (TPSA) is 12.4 Å². The number of allylic oxidation sites excluding steroid dienone is 5. The lowest BCUT2D eigenvalue weighted by atomic mass is 9.89. The smallest absolute Gasteiger partial charge is 0.0635 e. The predicted molar refractivity (Wildman–Crippen MR) is 144 cm³/mol. The van der Waals surface area contributed by atoms with Crippen LogP contribution in [0.4, 0.5) is 5.69 Å². The Morgan fingerprint density at radius 1 is 0.879 bits per heavy atom. The van der Waals surface area contributed by atoms with Crippen molar-refractivity contribution in [2.45, 2.75) is 19.8 Å². The molecule has 1 aliphatic carbocycles. The van der Waals surface area contributed by atoms with Gasteiger partial charge in [0.15, 0.2) is 0 Å². The van der Waals surface area contributed by atoms with Crippen LogP contribution in [0.5, 0.6) is 0 Å². The Hall–Kier alpha value is -3.97. The molecular formula is C32H27N. The van der Waals surface area contributed by atoms with E-state index in [2.05, 4.69) is 110 Å². The second kappa shape index (κ2) is 9.67. The summed E-state index contributed by atoms with van der Waals surface area (Å²) in [5, 5.41) is 2.52. The number of hydrogen-bond donors (Lipinski definition) is 0. The molecule has 0 heterocycles. The highest BCUT2D eigenvalue weighted by Crippen LogP contribution is 2.31. The van der Waals surface area contributed by atoms with Crippen LogP contribution in [0.25, 0.3) is 33.5 Å². The van der Waals surface area contributed by atoms with Crippen LogP contribution in [0, 0.1) is 0 Å². The minimum atomic E-state index is 0.951. The lowest BCUT2D eigenvalue weighted by molar-refractivity contribution is 0.984. The molecule has 0 aromatic heterocycles. The lowest BCUT2D eigenvalue weighted by Gasteiger charge is -2.15. The van der Waals surface area contributed by atoms with E-state index < -0.39 is 0 Å². The van der Waals surface area contributed by atoms with Crippen LogP contribution in [0.3, 0.4) is 0 Å². The van der Waals surface area contributed by atoms with Crippen molar-refractivity contribution in [3.8, 4) is 11.1 Å². The van der Waals surface area contributed by atoms with Gasteiger partial charge in [-0.3, -0.25) is 4.99 Å². The van der Waals surface area contributed by atoms with Crippen molar-refractivity contribution in [3.05, 3.63) is 126 Å². The maximum absolute atomic E-state index is 4.71. The molecule has 4 aromatic rings. The van der Waals surface area contributed by atoms with Gasteiger partial charge >= 0.3 is 0 Å². The Kier molecular flexibility index (Phi) is 6.12. The van der Waals surface area contributed by atoms with Gasteiger partial charge < -0.3 is 0 Å². The van der Waals surface area contributed by atoms with Crippen LogP contribution in [-0.4, -0.2) is 6.21 Å². The van der Waals surface area contributed by atoms with Crippen LogP contribution in [0.15, 0.2) is 114 Å². The minimum absolute atomic E-state index is 0.951. The zero-order valence-corrected chi connectivity index (χ0v) is 18.9. The van der Waals surface area contributed by atoms with E-state index in [9.17, 15) is 0 Å². The fourth-order valence-electron chi connectivity index (χ4n) is 4.57. The molecule has 1 nitrogen and oxygen atoms in total. The van der Waals surface area contributed by atoms with E-state index in [1.807, 2.05) is 18.4 Å². The molecule has 5 rings (SSSR count). The van der Waals surface area contributed by atoms with Gasteiger partial charge in [-0.15, -0.1) is 0 Å². The molecule has 1 aliphatic rings. The van der Waals surface area contributed by atoms with Crippen LogP contribution >= 0.6 is 0 Å². The highest BCUT2D eigenvalue weighted by Gasteiger charge is 2.10. The first kappa shape index (κ1) is 20.9. The lowest BCUT2D eigenvalue weighted by Crippen LogP contribution is -1.98. The summed E-state index contributed by atoms with van der Waals surface area (Å²) >= 11 is 0. The van der Waals surface area contributed by atoms with Gasteiger partial charge in [0.05, 0.1) is 5.69 Å². The third-order valence-electron chi connectivity index (χ3n) is 6.22. The fraction of sp³-hybridized carbons (Fsp3) is 0.0938. The van der Waals surface area contributed by atoms with Gasteiger partial charge in [-0.1, -0.05) is 97.1 Å². The van der Waals surface area contributed by atoms with Crippen molar-refractivity contribution in [1.82, 2.24) is 0 Å². The van der Waals surface area contributed by atoms with E-state index in [0.29, 0.717) is 0 Å². The molecule has 0 spiro atoms. The summed E-state index contributed by atoms with van der Waals surface area (Å²) in [5.41, 5.74) is 8.65. The van der Waals surface area contributed by atoms with Crippen LogP contribution in [-0.2, 0) is 6.42 Å². The number of aliphatic imine (C=N–C) groups is 1. The highest BCUT2D eigenvalue weighted by atomic mass is 14.7. The largest absolute Gasteiger partial charge is 0.257 e. The van der Waals surface area contributed by atoms with Gasteiger partial charge in [-0.25, -0.2) is 0 Å². The molecule has 0 saturated heterocycles. The van der Waals surface area contributed by atoms with Crippen molar-refractivity contribution in [3.63, 3.8) is 0 Å². The molecule has 160 valence electrons. The van der Waals surface area contributed by atoms with Crippen molar-refractivity contribution in [1.29, 1.82) is 0 Å². The summed E-state index contributed by atoms with van der Waals surface area (Å²) in [4.78, 5) is 4.71. The van der Waals surface area contributed by atoms with Gasteiger partial charge in [0.1, 0.15) is 0 Å². The van der Waals surface area contributed by atoms with E-state index in [-0.39, 0.29) is 0 Å². The Morgan fingerprint density at radius 2 is 1.73 bits per heavy atom. The van der Waals surface area contributed by atoms with E-state index in [1.165, 1.54) is 44.2 Å². The number of benzene rings is 4. The Bertz CT molecular complexity index is 1410. The third kappa shape index (κ3) is 4.49. The fourth-order valence-corrected chi connectivity index (χ4v) is 4.57. The average Bonchev–Trinajstić information content (AvgIpc) is 2.88. The zero-order valence-electron chi connectivity index (χ0n) is 18.9. The molecule has 0 N–H and O–H groups in total. The SMILES string of the molecule is C/C=C(\C=C/C=Nc1cccc(-c2cccc3ccccc23)c1)c1cccc2c1C=CCC2. The van der Waals surface area contributed by atoms with E-state index in [0.717, 1.165) is 18.5 Å². The predicted octanol–water partition coefficient (Wildman–Crippen LogP) is 8.83. The highest BCUT2D eigenvalue weighted by molar-refractivity contribution is 5.97. The summed E-state index contributed by atoms with van der Waals surface area (Å²) in [6.07, 6.45) is 15.0. The van der Waals surface area contributed by atoms with Gasteiger partial charge in [0.2, 0.25) is 0 Å². The number of hydrogen-bond acceptors (Lipinski definition) is 1. The van der Waals surface area contributed by atoms with Crippen LogP contribution in [0.2, 0.25) is 0 Å². The zero-order chi connectivity index (χ0) is 22.5. The summed E-state index contributed by atoms with van der Waals surface area (Å²) in [6, 6.07) is 30.0. The maximum Gasteiger partial charge on any atom is 0.0635 e. The van der Waals surface area contributed by atoms with Gasteiger partial charge in [-0.2, -0.15) is 0 Å². The molecule has 1 heteroatoms. The van der Waals surface area contributed by atoms with E-state index in [1.54, 1.807) is 0 Å². The molecule has 0 fully saturated rings. The Labute approximate surface area is 196 Å². The molecule has 0 bridgehead atoms.